The van der Waals surface area contributed by atoms with Crippen LogP contribution in [-0.4, -0.2) is 19.6 Å². The molecule has 0 radical (unpaired) electrons. The van der Waals surface area contributed by atoms with Crippen LogP contribution in [0.4, 0.5) is 0 Å². The van der Waals surface area contributed by atoms with Crippen LogP contribution < -0.4 is 0 Å². The van der Waals surface area contributed by atoms with Crippen molar-refractivity contribution >= 4 is 28.3 Å². The standard InChI is InChI=1S/C23H13ClN4/c24-18-11-5-4-10-17(18)22-26-27-23-20(15-14-16-8-2-1-3-9-16)25-19-12-6-7-13-21(19)28(22)23/h1-13H. The number of hydrogen-bond donors (Lipinski definition) is 0. The van der Waals surface area contributed by atoms with Crippen LogP contribution in [0, 0.1) is 11.8 Å². The Kier molecular flexibility index (Phi) is 4.01. The molecule has 0 atom stereocenters. The quantitative estimate of drug-likeness (QED) is 0.384. The average molecular weight is 381 g/mol. The summed E-state index contributed by atoms with van der Waals surface area (Å²) in [6, 6.07) is 25.3. The fourth-order valence-electron chi connectivity index (χ4n) is 3.14. The lowest BCUT2D eigenvalue weighted by atomic mass is 10.2. The van der Waals surface area contributed by atoms with Crippen LogP contribution in [0.25, 0.3) is 28.1 Å². The van der Waals surface area contributed by atoms with Crippen LogP contribution in [-0.2, 0) is 0 Å². The SMILES string of the molecule is Clc1ccccc1-c1nnc2c(C#Cc3ccccc3)nc3ccccc3n12. The van der Waals surface area contributed by atoms with Gasteiger partial charge in [-0.15, -0.1) is 10.2 Å². The van der Waals surface area contributed by atoms with E-state index in [1.807, 2.05) is 83.3 Å². The summed E-state index contributed by atoms with van der Waals surface area (Å²) in [5, 5.41) is 9.42. The molecule has 0 aliphatic rings. The van der Waals surface area contributed by atoms with E-state index < -0.39 is 0 Å². The highest BCUT2D eigenvalue weighted by Gasteiger charge is 2.16. The number of aromatic nitrogens is 4. The second-order valence-corrected chi connectivity index (χ2v) is 6.63. The van der Waals surface area contributed by atoms with Crippen molar-refractivity contribution in [2.45, 2.75) is 0 Å². The van der Waals surface area contributed by atoms with Crippen molar-refractivity contribution < 1.29 is 0 Å². The molecule has 28 heavy (non-hydrogen) atoms. The van der Waals surface area contributed by atoms with E-state index in [9.17, 15) is 0 Å². The minimum Gasteiger partial charge on any atom is -0.271 e. The Morgan fingerprint density at radius 2 is 1.50 bits per heavy atom. The molecule has 0 aliphatic carbocycles. The van der Waals surface area contributed by atoms with Crippen molar-refractivity contribution in [1.29, 1.82) is 0 Å². The zero-order valence-corrected chi connectivity index (χ0v) is 15.4. The molecule has 0 unspecified atom stereocenters. The zero-order valence-electron chi connectivity index (χ0n) is 14.7. The second-order valence-electron chi connectivity index (χ2n) is 6.23. The summed E-state index contributed by atoms with van der Waals surface area (Å²) < 4.78 is 1.97. The van der Waals surface area contributed by atoms with Crippen molar-refractivity contribution in [3.05, 3.63) is 95.1 Å². The first-order valence-electron chi connectivity index (χ1n) is 8.77. The van der Waals surface area contributed by atoms with Gasteiger partial charge >= 0.3 is 0 Å². The lowest BCUT2D eigenvalue weighted by Crippen LogP contribution is -1.98. The van der Waals surface area contributed by atoms with Gasteiger partial charge in [0.25, 0.3) is 0 Å². The van der Waals surface area contributed by atoms with Gasteiger partial charge in [0.15, 0.2) is 17.2 Å². The van der Waals surface area contributed by atoms with Gasteiger partial charge in [0, 0.05) is 11.1 Å². The maximum atomic E-state index is 6.42. The third kappa shape index (κ3) is 2.79. The predicted octanol–water partition coefficient (Wildman–Crippen LogP) is 5.00. The van der Waals surface area contributed by atoms with E-state index in [-0.39, 0.29) is 0 Å². The number of rotatable bonds is 1. The molecular formula is C23H13ClN4. The van der Waals surface area contributed by atoms with E-state index in [1.165, 1.54) is 0 Å². The van der Waals surface area contributed by atoms with Crippen LogP contribution in [0.5, 0.6) is 0 Å². The predicted molar refractivity (Wildman–Crippen MR) is 111 cm³/mol. The van der Waals surface area contributed by atoms with Gasteiger partial charge in [0.05, 0.1) is 16.1 Å². The Labute approximate surface area is 166 Å². The van der Waals surface area contributed by atoms with E-state index in [2.05, 4.69) is 22.0 Å². The molecule has 2 aromatic heterocycles. The first-order valence-corrected chi connectivity index (χ1v) is 9.15. The number of fused-ring (bicyclic) bond motifs is 3. The Morgan fingerprint density at radius 1 is 0.750 bits per heavy atom. The van der Waals surface area contributed by atoms with Crippen molar-refractivity contribution in [3.8, 4) is 23.2 Å². The monoisotopic (exact) mass is 380 g/mol. The summed E-state index contributed by atoms with van der Waals surface area (Å²) in [5.74, 6) is 6.99. The van der Waals surface area contributed by atoms with Gasteiger partial charge in [0.1, 0.15) is 0 Å². The molecular weight excluding hydrogens is 368 g/mol. The number of nitrogens with zero attached hydrogens (tertiary/aromatic N) is 4. The Morgan fingerprint density at radius 3 is 2.36 bits per heavy atom. The number of benzene rings is 3. The van der Waals surface area contributed by atoms with E-state index >= 15 is 0 Å². The molecule has 0 aliphatic heterocycles. The highest BCUT2D eigenvalue weighted by atomic mass is 35.5. The first kappa shape index (κ1) is 16.5. The molecule has 3 aromatic carbocycles. The van der Waals surface area contributed by atoms with Crippen molar-refractivity contribution in [2.75, 3.05) is 0 Å². The van der Waals surface area contributed by atoms with Gasteiger partial charge < -0.3 is 0 Å². The van der Waals surface area contributed by atoms with E-state index in [0.29, 0.717) is 22.2 Å². The summed E-state index contributed by atoms with van der Waals surface area (Å²) in [5.41, 5.74) is 4.64. The lowest BCUT2D eigenvalue weighted by Gasteiger charge is -2.07. The van der Waals surface area contributed by atoms with Crippen LogP contribution in [0.1, 0.15) is 11.3 Å². The van der Waals surface area contributed by atoms with Gasteiger partial charge in [-0.05, 0) is 42.3 Å². The highest BCUT2D eigenvalue weighted by Crippen LogP contribution is 2.29. The summed E-state index contributed by atoms with van der Waals surface area (Å²) >= 11 is 6.42. The maximum absolute atomic E-state index is 6.42. The molecule has 0 amide bonds. The number of hydrogen-bond acceptors (Lipinski definition) is 3. The molecule has 0 saturated carbocycles. The molecule has 2 heterocycles. The molecule has 5 aromatic rings. The topological polar surface area (TPSA) is 43.1 Å². The summed E-state index contributed by atoms with van der Waals surface area (Å²) in [7, 11) is 0. The van der Waals surface area contributed by atoms with Gasteiger partial charge in [-0.25, -0.2) is 4.98 Å². The normalized spacial score (nSPS) is 10.8. The molecule has 0 fully saturated rings. The molecule has 5 heteroatoms. The van der Waals surface area contributed by atoms with E-state index in [1.54, 1.807) is 0 Å². The molecule has 0 saturated heterocycles. The first-order chi connectivity index (χ1) is 13.8. The minimum absolute atomic E-state index is 0.577. The van der Waals surface area contributed by atoms with Gasteiger partial charge in [-0.2, -0.15) is 0 Å². The summed E-state index contributed by atoms with van der Waals surface area (Å²) in [6.07, 6.45) is 0. The zero-order chi connectivity index (χ0) is 18.9. The summed E-state index contributed by atoms with van der Waals surface area (Å²) in [4.78, 5) is 4.72. The van der Waals surface area contributed by atoms with Crippen LogP contribution in [0.3, 0.4) is 0 Å². The highest BCUT2D eigenvalue weighted by molar-refractivity contribution is 6.33. The van der Waals surface area contributed by atoms with Gasteiger partial charge in [0.2, 0.25) is 0 Å². The fourth-order valence-corrected chi connectivity index (χ4v) is 3.36. The van der Waals surface area contributed by atoms with Gasteiger partial charge in [-0.3, -0.25) is 4.40 Å². The lowest BCUT2D eigenvalue weighted by molar-refractivity contribution is 1.11. The van der Waals surface area contributed by atoms with Gasteiger partial charge in [-0.1, -0.05) is 60.0 Å². The average Bonchev–Trinajstić information content (AvgIpc) is 3.18. The summed E-state index contributed by atoms with van der Waals surface area (Å²) in [6.45, 7) is 0. The molecule has 0 bridgehead atoms. The van der Waals surface area contributed by atoms with E-state index in [4.69, 9.17) is 16.6 Å². The number of para-hydroxylation sites is 2. The molecule has 0 N–H and O–H groups in total. The third-order valence-corrected chi connectivity index (χ3v) is 4.77. The fraction of sp³-hybridized carbons (Fsp3) is 0. The Hall–Kier alpha value is -3.68. The largest absolute Gasteiger partial charge is 0.271 e. The second kappa shape index (κ2) is 6.80. The number of halogens is 1. The van der Waals surface area contributed by atoms with Crippen LogP contribution >= 0.6 is 11.6 Å². The van der Waals surface area contributed by atoms with Crippen LogP contribution in [0.15, 0.2) is 78.9 Å². The molecule has 0 spiro atoms. The molecule has 5 rings (SSSR count). The van der Waals surface area contributed by atoms with Crippen molar-refractivity contribution in [2.24, 2.45) is 0 Å². The van der Waals surface area contributed by atoms with Crippen molar-refractivity contribution in [3.63, 3.8) is 0 Å². The van der Waals surface area contributed by atoms with E-state index in [0.717, 1.165) is 22.2 Å². The Balaban J connectivity index is 1.81. The van der Waals surface area contributed by atoms with Crippen molar-refractivity contribution in [1.82, 2.24) is 19.6 Å². The Bertz CT molecular complexity index is 1380. The third-order valence-electron chi connectivity index (χ3n) is 4.44. The minimum atomic E-state index is 0.577. The van der Waals surface area contributed by atoms with Crippen LogP contribution in [0.2, 0.25) is 5.02 Å². The molecule has 4 nitrogen and oxygen atoms in total. The smallest absolute Gasteiger partial charge is 0.196 e. The maximum Gasteiger partial charge on any atom is 0.196 e. The molecule has 132 valence electrons.